The van der Waals surface area contributed by atoms with Crippen molar-refractivity contribution < 1.29 is 19.5 Å². The second kappa shape index (κ2) is 11.3. The summed E-state index contributed by atoms with van der Waals surface area (Å²) in [5.74, 6) is 1.76. The highest BCUT2D eigenvalue weighted by Crippen LogP contribution is 2.76. The first-order valence-corrected chi connectivity index (χ1v) is 18.9. The summed E-state index contributed by atoms with van der Waals surface area (Å²) in [6.07, 6.45) is 14.1. The number of carbonyl (C=O) groups is 3. The third-order valence-electron chi connectivity index (χ3n) is 16.0. The predicted molar refractivity (Wildman–Crippen MR) is 190 cm³/mol. The molecular formula is C42H58N2O4. The van der Waals surface area contributed by atoms with E-state index in [-0.39, 0.29) is 45.6 Å². The fourth-order valence-corrected chi connectivity index (χ4v) is 13.6. The van der Waals surface area contributed by atoms with Gasteiger partial charge >= 0.3 is 5.97 Å². The van der Waals surface area contributed by atoms with Crippen LogP contribution in [0, 0.1) is 51.2 Å². The number of aromatic carboxylic acids is 1. The van der Waals surface area contributed by atoms with Crippen LogP contribution in [0.4, 0.5) is 0 Å². The van der Waals surface area contributed by atoms with Gasteiger partial charge in [0.05, 0.1) is 12.1 Å². The van der Waals surface area contributed by atoms with Gasteiger partial charge in [-0.15, -0.1) is 0 Å². The number of fused-ring (bicyclic) bond motifs is 7. The third-order valence-corrected chi connectivity index (χ3v) is 16.0. The highest BCUT2D eigenvalue weighted by atomic mass is 16.4. The van der Waals surface area contributed by atoms with Crippen LogP contribution in [0.5, 0.6) is 0 Å². The van der Waals surface area contributed by atoms with E-state index in [1.54, 1.807) is 17.0 Å². The van der Waals surface area contributed by atoms with E-state index in [2.05, 4.69) is 59.5 Å². The molecule has 9 atom stereocenters. The fourth-order valence-electron chi connectivity index (χ4n) is 13.6. The molecule has 3 unspecified atom stereocenters. The van der Waals surface area contributed by atoms with E-state index in [0.717, 1.165) is 44.1 Å². The SMILES string of the molecule is C=C(C)[C@@H]1CC[C@]2(NC(=O)CN3CCCC3=O)CC[C@]3(C)[C@H](CCC4[C@@]5(C)CC=C(c6ccc(C(=O)O)cc6)C(C)(C)C5CC[C@]43C)C12. The smallest absolute Gasteiger partial charge is 0.335 e. The van der Waals surface area contributed by atoms with Gasteiger partial charge in [0.1, 0.15) is 0 Å². The molecule has 0 radical (unpaired) electrons. The summed E-state index contributed by atoms with van der Waals surface area (Å²) in [6.45, 7) is 20.4. The second-order valence-electron chi connectivity index (χ2n) is 18.2. The standard InChI is InChI=1S/C42H58N2O4/c1-26(2)29-16-21-42(43-34(45)25-44-24-8-9-35(44)46)23-22-40(6)31(36(29)42)14-15-33-39(5)19-17-30(27-10-12-28(13-11-27)37(47)48)38(3,4)32(39)18-20-41(33,40)7/h10-13,17,29,31-33,36H,1,8-9,14-16,18-25H2,2-7H3,(H,43,45)(H,47,48)/t29-,31+,32?,33?,36?,39-,40+,41+,42-/m0/s1. The van der Waals surface area contributed by atoms with Gasteiger partial charge in [-0.2, -0.15) is 0 Å². The van der Waals surface area contributed by atoms with Crippen molar-refractivity contribution in [3.05, 3.63) is 53.6 Å². The Hall–Kier alpha value is -2.89. The van der Waals surface area contributed by atoms with Crippen LogP contribution in [0.2, 0.25) is 0 Å². The molecule has 5 fully saturated rings. The van der Waals surface area contributed by atoms with Gasteiger partial charge in [-0.3, -0.25) is 9.59 Å². The Kier molecular flexibility index (Phi) is 7.92. The lowest BCUT2D eigenvalue weighted by Gasteiger charge is -2.72. The van der Waals surface area contributed by atoms with Gasteiger partial charge in [0, 0.05) is 18.5 Å². The molecular weight excluding hydrogens is 596 g/mol. The van der Waals surface area contributed by atoms with Crippen LogP contribution in [-0.2, 0) is 9.59 Å². The summed E-state index contributed by atoms with van der Waals surface area (Å²) in [4.78, 5) is 39.3. The highest BCUT2D eigenvalue weighted by molar-refractivity contribution is 5.88. The maximum absolute atomic E-state index is 13.6. The van der Waals surface area contributed by atoms with Gasteiger partial charge in [0.15, 0.2) is 0 Å². The highest BCUT2D eigenvalue weighted by Gasteiger charge is 2.70. The van der Waals surface area contributed by atoms with Crippen molar-refractivity contribution in [2.75, 3.05) is 13.1 Å². The van der Waals surface area contributed by atoms with Crippen LogP contribution in [0.25, 0.3) is 5.57 Å². The van der Waals surface area contributed by atoms with Crippen LogP contribution in [0.3, 0.4) is 0 Å². The van der Waals surface area contributed by atoms with Gasteiger partial charge in [-0.25, -0.2) is 4.79 Å². The van der Waals surface area contributed by atoms with Gasteiger partial charge in [-0.05, 0) is 146 Å². The Balaban J connectivity index is 1.19. The number of carboxylic acid groups (broad SMARTS) is 1. The number of hydrogen-bond donors (Lipinski definition) is 2. The number of likely N-dealkylation sites (tertiary alicyclic amines) is 1. The molecule has 6 aliphatic rings. The van der Waals surface area contributed by atoms with E-state index < -0.39 is 5.97 Å². The monoisotopic (exact) mass is 654 g/mol. The maximum atomic E-state index is 13.6. The first-order chi connectivity index (χ1) is 22.6. The summed E-state index contributed by atoms with van der Waals surface area (Å²) in [7, 11) is 0. The van der Waals surface area contributed by atoms with Crippen molar-refractivity contribution in [1.29, 1.82) is 0 Å². The second-order valence-corrected chi connectivity index (χ2v) is 18.2. The quantitative estimate of drug-likeness (QED) is 0.301. The molecule has 1 aromatic carbocycles. The van der Waals surface area contributed by atoms with Crippen LogP contribution in [-0.4, -0.2) is 46.4 Å². The minimum atomic E-state index is -0.880. The largest absolute Gasteiger partial charge is 0.478 e. The molecule has 48 heavy (non-hydrogen) atoms. The molecule has 1 aliphatic heterocycles. The van der Waals surface area contributed by atoms with E-state index in [9.17, 15) is 19.5 Å². The molecule has 5 aliphatic carbocycles. The van der Waals surface area contributed by atoms with Crippen LogP contribution in [0.15, 0.2) is 42.5 Å². The zero-order chi connectivity index (χ0) is 34.4. The summed E-state index contributed by atoms with van der Waals surface area (Å²) in [5, 5.41) is 13.1. The zero-order valence-corrected chi connectivity index (χ0v) is 30.3. The lowest BCUT2D eigenvalue weighted by Crippen LogP contribution is -2.68. The zero-order valence-electron chi connectivity index (χ0n) is 30.3. The van der Waals surface area contributed by atoms with E-state index in [0.29, 0.717) is 48.1 Å². The van der Waals surface area contributed by atoms with Crippen molar-refractivity contribution >= 4 is 23.4 Å². The number of allylic oxidation sites excluding steroid dienone is 3. The average Bonchev–Trinajstić information content (AvgIpc) is 3.60. The van der Waals surface area contributed by atoms with E-state index >= 15 is 0 Å². The molecule has 1 saturated heterocycles. The van der Waals surface area contributed by atoms with Gasteiger partial charge < -0.3 is 15.3 Å². The maximum Gasteiger partial charge on any atom is 0.335 e. The molecule has 0 aromatic heterocycles. The molecule has 4 saturated carbocycles. The average molecular weight is 655 g/mol. The molecule has 1 aromatic rings. The molecule has 1 heterocycles. The van der Waals surface area contributed by atoms with Crippen LogP contribution >= 0.6 is 0 Å². The predicted octanol–water partition coefficient (Wildman–Crippen LogP) is 8.53. The summed E-state index contributed by atoms with van der Waals surface area (Å²) >= 11 is 0. The molecule has 6 heteroatoms. The summed E-state index contributed by atoms with van der Waals surface area (Å²) in [5.41, 5.74) is 4.46. The van der Waals surface area contributed by atoms with Crippen molar-refractivity contribution in [3.63, 3.8) is 0 Å². The molecule has 0 bridgehead atoms. The lowest BCUT2D eigenvalue weighted by molar-refractivity contribution is -0.219. The summed E-state index contributed by atoms with van der Waals surface area (Å²) < 4.78 is 0. The first kappa shape index (κ1) is 33.6. The van der Waals surface area contributed by atoms with E-state index in [1.807, 2.05) is 12.1 Å². The normalized spacial score (nSPS) is 41.4. The van der Waals surface area contributed by atoms with E-state index in [4.69, 9.17) is 0 Å². The van der Waals surface area contributed by atoms with Crippen LogP contribution < -0.4 is 5.32 Å². The number of nitrogens with one attached hydrogen (secondary N) is 1. The number of amides is 2. The van der Waals surface area contributed by atoms with Gasteiger partial charge in [-0.1, -0.05) is 65.0 Å². The first-order valence-electron chi connectivity index (χ1n) is 18.9. The summed E-state index contributed by atoms with van der Waals surface area (Å²) in [6, 6.07) is 7.52. The molecule has 0 spiro atoms. The van der Waals surface area contributed by atoms with E-state index in [1.165, 1.54) is 36.8 Å². The minimum absolute atomic E-state index is 0.0178. The number of hydrogen-bond acceptors (Lipinski definition) is 3. The van der Waals surface area contributed by atoms with Crippen molar-refractivity contribution in [2.45, 2.75) is 118 Å². The number of carboxylic acids is 1. The molecule has 2 N–H and O–H groups in total. The number of nitrogens with zero attached hydrogens (tertiary/aromatic N) is 1. The number of carbonyl (C=O) groups excluding carboxylic acids is 2. The van der Waals surface area contributed by atoms with Crippen molar-refractivity contribution in [2.24, 2.45) is 51.2 Å². The molecule has 2 amide bonds. The molecule has 260 valence electrons. The Morgan fingerprint density at radius 3 is 2.31 bits per heavy atom. The molecule has 7 rings (SSSR count). The Morgan fingerprint density at radius 2 is 1.67 bits per heavy atom. The Labute approximate surface area is 288 Å². The number of rotatable bonds is 6. The third kappa shape index (κ3) is 4.73. The van der Waals surface area contributed by atoms with Crippen molar-refractivity contribution in [3.8, 4) is 0 Å². The topological polar surface area (TPSA) is 86.7 Å². The lowest BCUT2D eigenvalue weighted by atomic mass is 9.33. The number of benzene rings is 1. The Morgan fingerprint density at radius 1 is 0.938 bits per heavy atom. The van der Waals surface area contributed by atoms with Gasteiger partial charge in [0.25, 0.3) is 0 Å². The fraction of sp³-hybridized carbons (Fsp3) is 0.690. The molecule has 6 nitrogen and oxygen atoms in total. The van der Waals surface area contributed by atoms with Gasteiger partial charge in [0.2, 0.25) is 11.8 Å². The Bertz CT molecular complexity index is 1560. The minimum Gasteiger partial charge on any atom is -0.478 e. The van der Waals surface area contributed by atoms with Crippen molar-refractivity contribution in [1.82, 2.24) is 10.2 Å². The van der Waals surface area contributed by atoms with Crippen LogP contribution in [0.1, 0.15) is 128 Å².